The maximum Gasteiger partial charge on any atom is 0.273 e. The molecule has 0 aliphatic carbocycles. The van der Waals surface area contributed by atoms with Gasteiger partial charge in [-0.2, -0.15) is 5.10 Å². The molecule has 3 aromatic rings. The quantitative estimate of drug-likeness (QED) is 0.557. The van der Waals surface area contributed by atoms with Crippen molar-refractivity contribution in [1.29, 1.82) is 0 Å². The molecule has 2 aromatic carbocycles. The molecule has 0 N–H and O–H groups in total. The van der Waals surface area contributed by atoms with Crippen LogP contribution in [0.3, 0.4) is 0 Å². The fourth-order valence-electron chi connectivity index (χ4n) is 2.90. The van der Waals surface area contributed by atoms with E-state index in [1.165, 1.54) is 36.9 Å². The van der Waals surface area contributed by atoms with Gasteiger partial charge in [-0.3, -0.25) is 4.79 Å². The number of methoxy groups -OCH3 is 1. The Morgan fingerprint density at radius 1 is 1.19 bits per heavy atom. The van der Waals surface area contributed by atoms with Gasteiger partial charge >= 0.3 is 0 Å². The smallest absolute Gasteiger partial charge is 0.273 e. The molecule has 0 fully saturated rings. The average molecular weight is 370 g/mol. The summed E-state index contributed by atoms with van der Waals surface area (Å²) in [6.07, 6.45) is 1.17. The Balaban J connectivity index is 2.17. The molecule has 0 saturated carbocycles. The standard InChI is InChI=1S/C21H20F2N2O2/c1-4-21(22,23)16-6-5-7-17(12-16)25-20(19(13-24-25)14(2)26)15-8-10-18(27-3)11-9-15/h5-13H,4H2,1-3H3. The van der Waals surface area contributed by atoms with Crippen LogP contribution >= 0.6 is 0 Å². The van der Waals surface area contributed by atoms with E-state index >= 15 is 0 Å². The van der Waals surface area contributed by atoms with Crippen LogP contribution in [0.15, 0.2) is 54.7 Å². The zero-order chi connectivity index (χ0) is 19.6. The molecule has 0 saturated heterocycles. The van der Waals surface area contributed by atoms with Gasteiger partial charge in [-0.05, 0) is 43.3 Å². The van der Waals surface area contributed by atoms with Gasteiger partial charge in [0.05, 0.1) is 30.3 Å². The van der Waals surface area contributed by atoms with Crippen LogP contribution in [0.4, 0.5) is 8.78 Å². The number of halogens is 2. The van der Waals surface area contributed by atoms with Gasteiger partial charge in [0.2, 0.25) is 0 Å². The molecular formula is C21H20F2N2O2. The molecular weight excluding hydrogens is 350 g/mol. The Kier molecular flexibility index (Phi) is 5.08. The first-order chi connectivity index (χ1) is 12.9. The zero-order valence-corrected chi connectivity index (χ0v) is 15.4. The molecule has 0 amide bonds. The highest BCUT2D eigenvalue weighted by Crippen LogP contribution is 2.34. The first-order valence-electron chi connectivity index (χ1n) is 8.59. The average Bonchev–Trinajstić information content (AvgIpc) is 3.13. The van der Waals surface area contributed by atoms with E-state index in [1.807, 2.05) is 12.1 Å². The number of rotatable bonds is 6. The van der Waals surface area contributed by atoms with Crippen molar-refractivity contribution in [3.63, 3.8) is 0 Å². The maximum atomic E-state index is 14.1. The first kappa shape index (κ1) is 18.8. The third kappa shape index (κ3) is 3.60. The number of ketones is 1. The summed E-state index contributed by atoms with van der Waals surface area (Å²) in [7, 11) is 1.57. The van der Waals surface area contributed by atoms with E-state index in [2.05, 4.69) is 5.10 Å². The molecule has 3 rings (SSSR count). The first-order valence-corrected chi connectivity index (χ1v) is 8.59. The van der Waals surface area contributed by atoms with E-state index in [0.717, 1.165) is 5.56 Å². The number of carbonyl (C=O) groups excluding carboxylic acids is 1. The highest BCUT2D eigenvalue weighted by atomic mass is 19.3. The monoisotopic (exact) mass is 370 g/mol. The predicted molar refractivity (Wildman–Crippen MR) is 99.7 cm³/mol. The second-order valence-corrected chi connectivity index (χ2v) is 6.21. The molecule has 0 bridgehead atoms. The minimum Gasteiger partial charge on any atom is -0.497 e. The fraction of sp³-hybridized carbons (Fsp3) is 0.238. The second kappa shape index (κ2) is 7.31. The van der Waals surface area contributed by atoms with Gasteiger partial charge in [0.15, 0.2) is 5.78 Å². The van der Waals surface area contributed by atoms with Crippen molar-refractivity contribution in [3.8, 4) is 22.7 Å². The Morgan fingerprint density at radius 3 is 2.48 bits per heavy atom. The van der Waals surface area contributed by atoms with Gasteiger partial charge in [-0.15, -0.1) is 0 Å². The number of benzene rings is 2. The summed E-state index contributed by atoms with van der Waals surface area (Å²) in [4.78, 5) is 12.1. The SMILES string of the molecule is CCC(F)(F)c1cccc(-n2ncc(C(C)=O)c2-c2ccc(OC)cc2)c1. The van der Waals surface area contributed by atoms with Crippen molar-refractivity contribution >= 4 is 5.78 Å². The molecule has 0 aliphatic heterocycles. The van der Waals surface area contributed by atoms with Crippen LogP contribution in [0.25, 0.3) is 16.9 Å². The lowest BCUT2D eigenvalue weighted by Crippen LogP contribution is -2.12. The molecule has 1 aromatic heterocycles. The molecule has 0 unspecified atom stereocenters. The molecule has 0 aliphatic rings. The van der Waals surface area contributed by atoms with Crippen LogP contribution in [-0.4, -0.2) is 22.7 Å². The summed E-state index contributed by atoms with van der Waals surface area (Å²) < 4.78 is 34.9. The highest BCUT2D eigenvalue weighted by Gasteiger charge is 2.29. The lowest BCUT2D eigenvalue weighted by atomic mass is 10.0. The second-order valence-electron chi connectivity index (χ2n) is 6.21. The zero-order valence-electron chi connectivity index (χ0n) is 15.4. The van der Waals surface area contributed by atoms with Gasteiger partial charge in [0.1, 0.15) is 5.75 Å². The van der Waals surface area contributed by atoms with Crippen LogP contribution in [0.2, 0.25) is 0 Å². The lowest BCUT2D eigenvalue weighted by Gasteiger charge is -2.16. The van der Waals surface area contributed by atoms with Crippen LogP contribution in [0.1, 0.15) is 36.2 Å². The van der Waals surface area contributed by atoms with E-state index in [4.69, 9.17) is 4.74 Å². The predicted octanol–water partition coefficient (Wildman–Crippen LogP) is 5.25. The summed E-state index contributed by atoms with van der Waals surface area (Å²) in [6, 6.07) is 13.2. The summed E-state index contributed by atoms with van der Waals surface area (Å²) in [6.45, 7) is 2.90. The number of alkyl halides is 2. The van der Waals surface area contributed by atoms with Crippen LogP contribution in [0, 0.1) is 0 Å². The summed E-state index contributed by atoms with van der Waals surface area (Å²) >= 11 is 0. The largest absolute Gasteiger partial charge is 0.497 e. The lowest BCUT2D eigenvalue weighted by molar-refractivity contribution is -0.00829. The normalized spacial score (nSPS) is 11.4. The third-order valence-electron chi connectivity index (χ3n) is 4.47. The minimum absolute atomic E-state index is 0.0805. The Bertz CT molecular complexity index is 963. The van der Waals surface area contributed by atoms with E-state index < -0.39 is 5.92 Å². The fourth-order valence-corrected chi connectivity index (χ4v) is 2.90. The summed E-state index contributed by atoms with van der Waals surface area (Å²) in [5, 5.41) is 4.30. The van der Waals surface area contributed by atoms with Gasteiger partial charge in [-0.1, -0.05) is 19.1 Å². The van der Waals surface area contributed by atoms with Crippen molar-refractivity contribution < 1.29 is 18.3 Å². The maximum absolute atomic E-state index is 14.1. The molecule has 0 radical (unpaired) electrons. The van der Waals surface area contributed by atoms with Crippen molar-refractivity contribution in [2.75, 3.05) is 7.11 Å². The molecule has 1 heterocycles. The highest BCUT2D eigenvalue weighted by molar-refractivity contribution is 6.00. The van der Waals surface area contributed by atoms with Crippen LogP contribution in [0.5, 0.6) is 5.75 Å². The number of carbonyl (C=O) groups is 1. The third-order valence-corrected chi connectivity index (χ3v) is 4.47. The Hall–Kier alpha value is -3.02. The van der Waals surface area contributed by atoms with Gasteiger partial charge in [0.25, 0.3) is 5.92 Å². The van der Waals surface area contributed by atoms with Gasteiger partial charge in [-0.25, -0.2) is 13.5 Å². The van der Waals surface area contributed by atoms with Crippen molar-refractivity contribution in [3.05, 3.63) is 65.9 Å². The molecule has 4 nitrogen and oxygen atoms in total. The number of hydrogen-bond donors (Lipinski definition) is 0. The van der Waals surface area contributed by atoms with E-state index in [-0.39, 0.29) is 17.8 Å². The number of Topliss-reactive ketones (excluding diaryl/α,β-unsaturated/α-hetero) is 1. The van der Waals surface area contributed by atoms with Crippen LogP contribution in [-0.2, 0) is 5.92 Å². The number of aromatic nitrogens is 2. The van der Waals surface area contributed by atoms with Gasteiger partial charge < -0.3 is 4.74 Å². The van der Waals surface area contributed by atoms with Crippen molar-refractivity contribution in [1.82, 2.24) is 9.78 Å². The number of hydrogen-bond acceptors (Lipinski definition) is 3. The molecule has 27 heavy (non-hydrogen) atoms. The summed E-state index contributed by atoms with van der Waals surface area (Å²) in [5.74, 6) is -2.40. The van der Waals surface area contributed by atoms with Crippen LogP contribution < -0.4 is 4.74 Å². The van der Waals surface area contributed by atoms with E-state index in [0.29, 0.717) is 22.7 Å². The summed E-state index contributed by atoms with van der Waals surface area (Å²) in [5.41, 5.74) is 2.11. The molecule has 0 atom stereocenters. The Morgan fingerprint density at radius 2 is 1.89 bits per heavy atom. The molecule has 140 valence electrons. The number of nitrogens with zero attached hydrogens (tertiary/aromatic N) is 2. The number of ether oxygens (including phenoxy) is 1. The minimum atomic E-state index is -2.92. The topological polar surface area (TPSA) is 44.1 Å². The van der Waals surface area contributed by atoms with E-state index in [1.54, 1.807) is 31.4 Å². The molecule has 6 heteroatoms. The van der Waals surface area contributed by atoms with Crippen molar-refractivity contribution in [2.45, 2.75) is 26.2 Å². The van der Waals surface area contributed by atoms with E-state index in [9.17, 15) is 13.6 Å². The Labute approximate surface area is 156 Å². The van der Waals surface area contributed by atoms with Crippen molar-refractivity contribution in [2.24, 2.45) is 0 Å². The molecule has 0 spiro atoms. The van der Waals surface area contributed by atoms with Gasteiger partial charge in [0, 0.05) is 17.5 Å².